The Balaban J connectivity index is 1.49. The molecule has 0 bridgehead atoms. The van der Waals surface area contributed by atoms with Crippen LogP contribution in [-0.4, -0.2) is 87.7 Å². The zero-order chi connectivity index (χ0) is 25.8. The summed E-state index contributed by atoms with van der Waals surface area (Å²) in [6.45, 7) is 1.97. The number of nitrogens with zero attached hydrogens (tertiary/aromatic N) is 4. The van der Waals surface area contributed by atoms with E-state index in [1.165, 1.54) is 41.3 Å². The molecule has 2 aromatic rings. The largest absolute Gasteiger partial charge is 0.508 e. The normalized spacial score (nSPS) is 20.2. The predicted octanol–water partition coefficient (Wildman–Crippen LogP) is 0.571. The molecule has 0 aliphatic carbocycles. The number of hydrazone groups is 1. The SMILES string of the molecule is CCc1cccc(OCC(O)CN2C(N/N=C/c3ccc(O)cc3O)=NC3C2C(=O)NC(=O)N3C)c1. The second kappa shape index (κ2) is 10.5. The Bertz CT molecular complexity index is 1200. The van der Waals surface area contributed by atoms with Gasteiger partial charge in [-0.25, -0.2) is 15.2 Å². The van der Waals surface area contributed by atoms with Crippen molar-refractivity contribution in [2.24, 2.45) is 10.1 Å². The molecule has 0 radical (unpaired) electrons. The van der Waals surface area contributed by atoms with Gasteiger partial charge in [0.15, 0.2) is 12.2 Å². The number of likely N-dealkylation sites (N-methyl/N-ethyl adjacent to an activating group) is 1. The average Bonchev–Trinajstić information content (AvgIpc) is 3.21. The molecule has 36 heavy (non-hydrogen) atoms. The lowest BCUT2D eigenvalue weighted by atomic mass is 10.1. The molecule has 2 aliphatic rings. The number of aliphatic imine (C=N–C) groups is 1. The smallest absolute Gasteiger partial charge is 0.325 e. The molecule has 2 aromatic carbocycles. The van der Waals surface area contributed by atoms with Crippen LogP contribution in [0.2, 0.25) is 0 Å². The molecule has 0 aromatic heterocycles. The van der Waals surface area contributed by atoms with E-state index in [1.807, 2.05) is 25.1 Å². The number of benzene rings is 2. The lowest BCUT2D eigenvalue weighted by Crippen LogP contribution is -2.64. The summed E-state index contributed by atoms with van der Waals surface area (Å²) >= 11 is 0. The van der Waals surface area contributed by atoms with E-state index in [0.29, 0.717) is 11.3 Å². The highest BCUT2D eigenvalue weighted by Crippen LogP contribution is 2.24. The molecular formula is C24H28N6O6. The van der Waals surface area contributed by atoms with Gasteiger partial charge in [0.05, 0.1) is 12.8 Å². The summed E-state index contributed by atoms with van der Waals surface area (Å²) in [7, 11) is 1.52. The molecule has 5 N–H and O–H groups in total. The van der Waals surface area contributed by atoms with Crippen molar-refractivity contribution >= 4 is 24.1 Å². The predicted molar refractivity (Wildman–Crippen MR) is 131 cm³/mol. The number of aliphatic hydroxyl groups is 1. The molecule has 0 spiro atoms. The highest BCUT2D eigenvalue weighted by atomic mass is 16.5. The zero-order valence-electron chi connectivity index (χ0n) is 19.8. The molecule has 4 rings (SSSR count). The first-order valence-electron chi connectivity index (χ1n) is 11.4. The number of guanidine groups is 1. The van der Waals surface area contributed by atoms with Crippen molar-refractivity contribution in [2.45, 2.75) is 31.7 Å². The second-order valence-electron chi connectivity index (χ2n) is 8.45. The van der Waals surface area contributed by atoms with Crippen LogP contribution in [-0.2, 0) is 11.2 Å². The number of amides is 3. The Morgan fingerprint density at radius 1 is 1.25 bits per heavy atom. The van der Waals surface area contributed by atoms with Crippen LogP contribution in [0.5, 0.6) is 17.2 Å². The maximum absolute atomic E-state index is 12.7. The van der Waals surface area contributed by atoms with Gasteiger partial charge in [-0.3, -0.25) is 10.1 Å². The van der Waals surface area contributed by atoms with Gasteiger partial charge in [0.1, 0.15) is 30.0 Å². The fourth-order valence-corrected chi connectivity index (χ4v) is 3.95. The van der Waals surface area contributed by atoms with Crippen LogP contribution in [0.3, 0.4) is 0 Å². The van der Waals surface area contributed by atoms with Crippen molar-refractivity contribution in [2.75, 3.05) is 20.2 Å². The van der Waals surface area contributed by atoms with Gasteiger partial charge in [-0.2, -0.15) is 5.10 Å². The first kappa shape index (κ1) is 24.8. The van der Waals surface area contributed by atoms with E-state index < -0.39 is 30.2 Å². The monoisotopic (exact) mass is 496 g/mol. The third-order valence-corrected chi connectivity index (χ3v) is 5.90. The van der Waals surface area contributed by atoms with Crippen molar-refractivity contribution < 1.29 is 29.6 Å². The van der Waals surface area contributed by atoms with Crippen molar-refractivity contribution in [3.8, 4) is 17.2 Å². The van der Waals surface area contributed by atoms with Gasteiger partial charge in [-0.1, -0.05) is 19.1 Å². The molecular weight excluding hydrogens is 468 g/mol. The first-order chi connectivity index (χ1) is 17.3. The summed E-state index contributed by atoms with van der Waals surface area (Å²) in [5.74, 6) is -0.0391. The molecule has 1 fully saturated rings. The third kappa shape index (κ3) is 5.33. The molecule has 190 valence electrons. The van der Waals surface area contributed by atoms with E-state index in [1.54, 1.807) is 6.07 Å². The molecule has 0 saturated carbocycles. The number of carbonyl (C=O) groups excluding carboxylic acids is 2. The number of aryl methyl sites for hydroxylation is 1. The lowest BCUT2D eigenvalue weighted by molar-refractivity contribution is -0.127. The Kier molecular flexibility index (Phi) is 7.25. The minimum atomic E-state index is -0.998. The van der Waals surface area contributed by atoms with Crippen molar-refractivity contribution in [1.82, 2.24) is 20.5 Å². The van der Waals surface area contributed by atoms with Gasteiger partial charge in [-0.15, -0.1) is 0 Å². The summed E-state index contributed by atoms with van der Waals surface area (Å²) in [5, 5.41) is 36.5. The molecule has 12 nitrogen and oxygen atoms in total. The molecule has 3 unspecified atom stereocenters. The number of imide groups is 1. The summed E-state index contributed by atoms with van der Waals surface area (Å²) < 4.78 is 5.74. The van der Waals surface area contributed by atoms with Gasteiger partial charge < -0.3 is 29.9 Å². The van der Waals surface area contributed by atoms with E-state index in [0.717, 1.165) is 12.0 Å². The Morgan fingerprint density at radius 3 is 2.81 bits per heavy atom. The van der Waals surface area contributed by atoms with E-state index in [-0.39, 0.29) is 30.6 Å². The van der Waals surface area contributed by atoms with E-state index in [4.69, 9.17) is 4.74 Å². The molecule has 3 atom stereocenters. The van der Waals surface area contributed by atoms with Gasteiger partial charge in [-0.05, 0) is 36.2 Å². The van der Waals surface area contributed by atoms with Crippen LogP contribution in [0.1, 0.15) is 18.1 Å². The number of hydrogen-bond donors (Lipinski definition) is 5. The lowest BCUT2D eigenvalue weighted by Gasteiger charge is -2.36. The summed E-state index contributed by atoms with van der Waals surface area (Å²) in [6, 6.07) is 10.1. The number of nitrogens with one attached hydrogen (secondary N) is 2. The number of β-amino-alcohol motifs (C(OH)–C–C–N with tert-alkyl or cyclic N) is 1. The minimum absolute atomic E-state index is 0.0318. The molecule has 3 amide bonds. The van der Waals surface area contributed by atoms with Gasteiger partial charge in [0.2, 0.25) is 5.96 Å². The van der Waals surface area contributed by atoms with Crippen molar-refractivity contribution in [3.05, 3.63) is 53.6 Å². The number of aromatic hydroxyl groups is 2. The molecule has 12 heteroatoms. The van der Waals surface area contributed by atoms with Crippen LogP contribution < -0.4 is 15.5 Å². The quantitative estimate of drug-likeness (QED) is 0.262. The number of urea groups is 1. The van der Waals surface area contributed by atoms with Crippen LogP contribution in [0.15, 0.2) is 52.6 Å². The minimum Gasteiger partial charge on any atom is -0.508 e. The van der Waals surface area contributed by atoms with Crippen LogP contribution >= 0.6 is 0 Å². The highest BCUT2D eigenvalue weighted by molar-refractivity contribution is 6.03. The van der Waals surface area contributed by atoms with Crippen LogP contribution in [0.4, 0.5) is 4.79 Å². The Labute approximate surface area is 207 Å². The van der Waals surface area contributed by atoms with E-state index in [2.05, 4.69) is 20.8 Å². The maximum atomic E-state index is 12.7. The number of rotatable bonds is 8. The number of phenols is 2. The van der Waals surface area contributed by atoms with Crippen molar-refractivity contribution in [3.63, 3.8) is 0 Å². The first-order valence-corrected chi connectivity index (χ1v) is 11.4. The van der Waals surface area contributed by atoms with E-state index in [9.17, 15) is 24.9 Å². The van der Waals surface area contributed by atoms with Crippen LogP contribution in [0, 0.1) is 0 Å². The third-order valence-electron chi connectivity index (χ3n) is 5.90. The van der Waals surface area contributed by atoms with E-state index >= 15 is 0 Å². The number of ether oxygens (including phenoxy) is 1. The number of phenolic OH excluding ortho intramolecular Hbond substituents is 2. The van der Waals surface area contributed by atoms with Crippen LogP contribution in [0.25, 0.3) is 0 Å². The fraction of sp³-hybridized carbons (Fsp3) is 0.333. The summed E-state index contributed by atoms with van der Waals surface area (Å²) in [4.78, 5) is 32.0. The number of hydrogen-bond acceptors (Lipinski definition) is 10. The average molecular weight is 497 g/mol. The van der Waals surface area contributed by atoms with Gasteiger partial charge in [0.25, 0.3) is 5.91 Å². The second-order valence-corrected chi connectivity index (χ2v) is 8.45. The summed E-state index contributed by atoms with van der Waals surface area (Å²) in [5.41, 5.74) is 4.16. The Hall–Kier alpha value is -4.32. The summed E-state index contributed by atoms with van der Waals surface area (Å²) in [6.07, 6.45) is 0.348. The van der Waals surface area contributed by atoms with Crippen molar-refractivity contribution in [1.29, 1.82) is 0 Å². The molecule has 2 heterocycles. The molecule has 1 saturated heterocycles. The number of aliphatic hydroxyl groups excluding tert-OH is 1. The Morgan fingerprint density at radius 2 is 2.06 bits per heavy atom. The standard InChI is InChI=1S/C24H28N6O6/c1-3-14-5-4-6-18(9-14)36-13-17(32)12-30-20-21(29(2)24(35)27-22(20)34)26-23(30)28-25-11-15-7-8-16(31)10-19(15)33/h4-11,17,20-21,31-33H,3,12-13H2,1-2H3,(H,26,28)(H,27,34,35)/b25-11+. The fourth-order valence-electron chi connectivity index (χ4n) is 3.95. The highest BCUT2D eigenvalue weighted by Gasteiger charge is 2.49. The number of carbonyl (C=O) groups is 2. The van der Waals surface area contributed by atoms with Gasteiger partial charge >= 0.3 is 6.03 Å². The zero-order valence-corrected chi connectivity index (χ0v) is 19.8. The molecule has 2 aliphatic heterocycles. The number of fused-ring (bicyclic) bond motifs is 1. The maximum Gasteiger partial charge on any atom is 0.325 e. The topological polar surface area (TPSA) is 159 Å². The van der Waals surface area contributed by atoms with Gasteiger partial charge in [0, 0.05) is 18.7 Å².